The minimum absolute atomic E-state index is 0.0363. The normalized spacial score (nSPS) is 16.1. The monoisotopic (exact) mass is 407 g/mol. The van der Waals surface area contributed by atoms with Gasteiger partial charge in [-0.25, -0.2) is 13.2 Å². The molecule has 1 atom stereocenters. The maximum Gasteiger partial charge on any atom is 0.340 e. The van der Waals surface area contributed by atoms with Crippen molar-refractivity contribution in [1.29, 1.82) is 0 Å². The summed E-state index contributed by atoms with van der Waals surface area (Å²) in [5.74, 6) is -1.20. The number of benzene rings is 2. The van der Waals surface area contributed by atoms with Gasteiger partial charge in [0, 0.05) is 18.0 Å². The predicted molar refractivity (Wildman–Crippen MR) is 102 cm³/mol. The van der Waals surface area contributed by atoms with E-state index < -0.39 is 22.4 Å². The first kappa shape index (κ1) is 19.4. The third-order valence-electron chi connectivity index (χ3n) is 4.39. The quantitative estimate of drug-likeness (QED) is 0.728. The number of nitrogens with zero attached hydrogens (tertiary/aromatic N) is 1. The number of fused-ring (bicyclic) bond motifs is 1. The molecule has 3 rings (SSSR count). The minimum Gasteiger partial charge on any atom is -0.452 e. The van der Waals surface area contributed by atoms with Crippen molar-refractivity contribution in [2.45, 2.75) is 24.3 Å². The second-order valence-corrected chi connectivity index (χ2v) is 8.86. The lowest BCUT2D eigenvalue weighted by atomic mass is 10.1. The molecule has 1 aliphatic rings. The fourth-order valence-electron chi connectivity index (χ4n) is 3.11. The number of para-hydroxylation sites is 1. The molecule has 0 aliphatic carbocycles. The zero-order chi connectivity index (χ0) is 19.8. The highest BCUT2D eigenvalue weighted by molar-refractivity contribution is 7.90. The Morgan fingerprint density at radius 1 is 1.22 bits per heavy atom. The summed E-state index contributed by atoms with van der Waals surface area (Å²) in [6.45, 7) is 1.46. The van der Waals surface area contributed by atoms with Gasteiger partial charge >= 0.3 is 5.97 Å². The van der Waals surface area contributed by atoms with Crippen molar-refractivity contribution in [2.75, 3.05) is 17.8 Å². The fourth-order valence-corrected chi connectivity index (χ4v) is 3.95. The van der Waals surface area contributed by atoms with Crippen LogP contribution in [-0.2, 0) is 25.8 Å². The second-order valence-electron chi connectivity index (χ2n) is 6.44. The highest BCUT2D eigenvalue weighted by Crippen LogP contribution is 2.31. The molecule has 0 N–H and O–H groups in total. The zero-order valence-corrected chi connectivity index (χ0v) is 16.4. The third kappa shape index (κ3) is 3.99. The van der Waals surface area contributed by atoms with Gasteiger partial charge in [-0.3, -0.25) is 4.79 Å². The van der Waals surface area contributed by atoms with Gasteiger partial charge in [0.05, 0.1) is 15.5 Å². The van der Waals surface area contributed by atoms with E-state index in [1.165, 1.54) is 12.1 Å². The first-order valence-corrected chi connectivity index (χ1v) is 10.5. The highest BCUT2D eigenvalue weighted by Gasteiger charge is 2.31. The van der Waals surface area contributed by atoms with Crippen molar-refractivity contribution in [1.82, 2.24) is 0 Å². The minimum atomic E-state index is -3.50. The van der Waals surface area contributed by atoms with Crippen LogP contribution in [0.15, 0.2) is 47.4 Å². The van der Waals surface area contributed by atoms with Crippen LogP contribution in [0.1, 0.15) is 22.8 Å². The summed E-state index contributed by atoms with van der Waals surface area (Å²) in [6.07, 6.45) is 1.76. The van der Waals surface area contributed by atoms with Gasteiger partial charge in [-0.05, 0) is 43.2 Å². The first-order chi connectivity index (χ1) is 12.7. The number of amides is 1. The standard InChI is InChI=1S/C19H18ClNO5S/c1-12-9-13-5-3-4-6-17(13)21(12)18(22)11-26-19(23)15-10-14(27(2,24)25)7-8-16(15)20/h3-8,10,12H,9,11H2,1-2H3/t12-/m1/s1. The van der Waals surface area contributed by atoms with Gasteiger partial charge in [-0.1, -0.05) is 29.8 Å². The lowest BCUT2D eigenvalue weighted by Crippen LogP contribution is -2.38. The molecule has 27 heavy (non-hydrogen) atoms. The van der Waals surface area contributed by atoms with E-state index in [1.54, 1.807) is 4.90 Å². The van der Waals surface area contributed by atoms with Gasteiger partial charge in [0.15, 0.2) is 16.4 Å². The number of esters is 1. The summed E-state index contributed by atoms with van der Waals surface area (Å²) >= 11 is 5.98. The lowest BCUT2D eigenvalue weighted by Gasteiger charge is -2.22. The maximum atomic E-state index is 12.6. The van der Waals surface area contributed by atoms with Crippen LogP contribution >= 0.6 is 11.6 Å². The summed E-state index contributed by atoms with van der Waals surface area (Å²) in [4.78, 5) is 26.5. The molecule has 1 aliphatic heterocycles. The molecule has 0 saturated carbocycles. The number of rotatable bonds is 4. The van der Waals surface area contributed by atoms with Crippen LogP contribution in [0.2, 0.25) is 5.02 Å². The van der Waals surface area contributed by atoms with E-state index in [9.17, 15) is 18.0 Å². The predicted octanol–water partition coefficient (Wildman–Crippen LogP) is 2.88. The van der Waals surface area contributed by atoms with E-state index in [0.29, 0.717) is 0 Å². The number of ether oxygens (including phenoxy) is 1. The topological polar surface area (TPSA) is 80.8 Å². The molecule has 8 heteroatoms. The van der Waals surface area contributed by atoms with E-state index in [2.05, 4.69) is 0 Å². The van der Waals surface area contributed by atoms with Crippen molar-refractivity contribution >= 4 is 39.0 Å². The van der Waals surface area contributed by atoms with Crippen LogP contribution in [0.5, 0.6) is 0 Å². The zero-order valence-electron chi connectivity index (χ0n) is 14.8. The molecule has 1 heterocycles. The molecular formula is C19H18ClNO5S. The molecule has 0 spiro atoms. The van der Waals surface area contributed by atoms with E-state index in [1.807, 2.05) is 31.2 Å². The van der Waals surface area contributed by atoms with Gasteiger partial charge < -0.3 is 9.64 Å². The Morgan fingerprint density at radius 2 is 1.93 bits per heavy atom. The van der Waals surface area contributed by atoms with Crippen LogP contribution in [0.3, 0.4) is 0 Å². The Morgan fingerprint density at radius 3 is 2.63 bits per heavy atom. The lowest BCUT2D eigenvalue weighted by molar-refractivity contribution is -0.122. The van der Waals surface area contributed by atoms with Crippen LogP contribution < -0.4 is 4.90 Å². The van der Waals surface area contributed by atoms with Crippen molar-refractivity contribution in [3.8, 4) is 0 Å². The fraction of sp³-hybridized carbons (Fsp3) is 0.263. The number of anilines is 1. The number of hydrogen-bond donors (Lipinski definition) is 0. The van der Waals surface area contributed by atoms with Gasteiger partial charge in [-0.15, -0.1) is 0 Å². The van der Waals surface area contributed by atoms with Crippen molar-refractivity contribution in [3.05, 3.63) is 58.6 Å². The molecule has 2 aromatic carbocycles. The average Bonchev–Trinajstić information content (AvgIpc) is 2.94. The maximum absolute atomic E-state index is 12.6. The molecule has 142 valence electrons. The molecule has 2 aromatic rings. The Balaban J connectivity index is 1.74. The van der Waals surface area contributed by atoms with Gasteiger partial charge in [0.2, 0.25) is 0 Å². The van der Waals surface area contributed by atoms with Crippen LogP contribution in [0.25, 0.3) is 0 Å². The molecule has 0 aromatic heterocycles. The molecular weight excluding hydrogens is 390 g/mol. The summed E-state index contributed by atoms with van der Waals surface area (Å²) in [6, 6.07) is 11.3. The van der Waals surface area contributed by atoms with Crippen molar-refractivity contribution < 1.29 is 22.7 Å². The van der Waals surface area contributed by atoms with Gasteiger partial charge in [-0.2, -0.15) is 0 Å². The van der Waals surface area contributed by atoms with E-state index >= 15 is 0 Å². The largest absolute Gasteiger partial charge is 0.452 e. The Labute approximate surface area is 162 Å². The second kappa shape index (κ2) is 7.32. The number of halogens is 1. The summed E-state index contributed by atoms with van der Waals surface area (Å²) in [5.41, 5.74) is 1.78. The SMILES string of the molecule is C[C@@H]1Cc2ccccc2N1C(=O)COC(=O)c1cc(S(C)(=O)=O)ccc1Cl. The molecule has 0 bridgehead atoms. The molecule has 0 unspecified atom stereocenters. The Kier molecular flexibility index (Phi) is 5.26. The van der Waals surface area contributed by atoms with E-state index in [-0.39, 0.29) is 27.4 Å². The summed E-state index contributed by atoms with van der Waals surface area (Å²) < 4.78 is 28.4. The Hall–Kier alpha value is -2.38. The number of carbonyl (C=O) groups excluding carboxylic acids is 2. The molecule has 0 fully saturated rings. The first-order valence-electron chi connectivity index (χ1n) is 8.25. The third-order valence-corrected chi connectivity index (χ3v) is 5.83. The molecule has 6 nitrogen and oxygen atoms in total. The summed E-state index contributed by atoms with van der Waals surface area (Å²) in [7, 11) is -3.50. The van der Waals surface area contributed by atoms with Gasteiger partial charge in [0.25, 0.3) is 5.91 Å². The van der Waals surface area contributed by atoms with Crippen molar-refractivity contribution in [3.63, 3.8) is 0 Å². The van der Waals surface area contributed by atoms with Crippen LogP contribution in [-0.4, -0.2) is 39.2 Å². The molecule has 0 saturated heterocycles. The van der Waals surface area contributed by atoms with Crippen molar-refractivity contribution in [2.24, 2.45) is 0 Å². The smallest absolute Gasteiger partial charge is 0.340 e. The molecule has 1 amide bonds. The van der Waals surface area contributed by atoms with Gasteiger partial charge in [0.1, 0.15) is 0 Å². The number of carbonyl (C=O) groups is 2. The van der Waals surface area contributed by atoms with E-state index in [0.717, 1.165) is 30.0 Å². The average molecular weight is 408 g/mol. The van der Waals surface area contributed by atoms with Crippen LogP contribution in [0.4, 0.5) is 5.69 Å². The molecule has 0 radical (unpaired) electrons. The number of hydrogen-bond acceptors (Lipinski definition) is 5. The van der Waals surface area contributed by atoms with E-state index in [4.69, 9.17) is 16.3 Å². The Bertz CT molecular complexity index is 1020. The van der Waals surface area contributed by atoms with Crippen LogP contribution in [0, 0.1) is 0 Å². The number of sulfone groups is 1. The highest BCUT2D eigenvalue weighted by atomic mass is 35.5. The summed E-state index contributed by atoms with van der Waals surface area (Å²) in [5, 5.41) is 0.0553.